The zero-order valence-electron chi connectivity index (χ0n) is 20.5. The number of nitrogens with zero attached hydrogens (tertiary/aromatic N) is 3. The number of hydrogen-bond donors (Lipinski definition) is 2. The Hall–Kier alpha value is -4.39. The standard InChI is InChI=1S/C28H26N4O5/c1-31-17-28(35,18-31)12-10-19-8-9-25-24(14-19)32(2)27(34)23(16-36-25)30-26(33)22-15-21(11-13-29-22)37-20-6-4-3-5-7-20/h3-9,11,13-15,23,35H,16-18H2,1-2H3,(H,30,33)/t23-/m0/s1. The van der Waals surface area contributed by atoms with Gasteiger partial charge in [-0.2, -0.15) is 0 Å². The van der Waals surface area contributed by atoms with Gasteiger partial charge in [0.2, 0.25) is 0 Å². The van der Waals surface area contributed by atoms with Crippen molar-refractivity contribution in [2.75, 3.05) is 38.7 Å². The number of carbonyl (C=O) groups excluding carboxylic acids is 2. The van der Waals surface area contributed by atoms with Crippen molar-refractivity contribution in [1.29, 1.82) is 0 Å². The molecule has 3 aromatic rings. The second-order valence-corrected chi connectivity index (χ2v) is 9.16. The zero-order valence-corrected chi connectivity index (χ0v) is 20.5. The number of anilines is 1. The Balaban J connectivity index is 1.28. The Kier molecular flexibility index (Phi) is 6.53. The fourth-order valence-electron chi connectivity index (χ4n) is 4.25. The SMILES string of the molecule is CN1CC(O)(C#Cc2ccc3c(c2)N(C)C(=O)[C@@H](NC(=O)c2cc(Oc4ccccc4)ccn2)CO3)C1. The van der Waals surface area contributed by atoms with E-state index < -0.39 is 17.6 Å². The number of amides is 2. The molecular formula is C28H26N4O5. The predicted molar refractivity (Wildman–Crippen MR) is 137 cm³/mol. The lowest BCUT2D eigenvalue weighted by molar-refractivity contribution is -0.120. The summed E-state index contributed by atoms with van der Waals surface area (Å²) in [6.07, 6.45) is 1.47. The average Bonchev–Trinajstić information content (AvgIpc) is 2.99. The molecule has 1 saturated heterocycles. The largest absolute Gasteiger partial charge is 0.489 e. The van der Waals surface area contributed by atoms with Crippen LogP contribution in [0, 0.1) is 11.8 Å². The molecule has 0 radical (unpaired) electrons. The van der Waals surface area contributed by atoms with Gasteiger partial charge in [0, 0.05) is 38.0 Å². The Labute approximate surface area is 214 Å². The van der Waals surface area contributed by atoms with Crippen molar-refractivity contribution in [3.05, 3.63) is 78.1 Å². The Morgan fingerprint density at radius 1 is 1.14 bits per heavy atom. The molecule has 1 aromatic heterocycles. The van der Waals surface area contributed by atoms with Crippen LogP contribution in [0.2, 0.25) is 0 Å². The minimum Gasteiger partial charge on any atom is -0.489 e. The first-order chi connectivity index (χ1) is 17.8. The molecule has 37 heavy (non-hydrogen) atoms. The Morgan fingerprint density at radius 2 is 1.92 bits per heavy atom. The molecule has 2 N–H and O–H groups in total. The van der Waals surface area contributed by atoms with Crippen LogP contribution in [0.25, 0.3) is 0 Å². The van der Waals surface area contributed by atoms with E-state index >= 15 is 0 Å². The van der Waals surface area contributed by atoms with Gasteiger partial charge in [-0.15, -0.1) is 0 Å². The summed E-state index contributed by atoms with van der Waals surface area (Å²) in [5, 5.41) is 13.1. The number of aliphatic hydroxyl groups is 1. The van der Waals surface area contributed by atoms with Crippen molar-refractivity contribution in [3.63, 3.8) is 0 Å². The maximum Gasteiger partial charge on any atom is 0.270 e. The molecule has 3 heterocycles. The van der Waals surface area contributed by atoms with Crippen molar-refractivity contribution < 1.29 is 24.2 Å². The summed E-state index contributed by atoms with van der Waals surface area (Å²) >= 11 is 0. The van der Waals surface area contributed by atoms with E-state index in [4.69, 9.17) is 9.47 Å². The first kappa shape index (κ1) is 24.3. The van der Waals surface area contributed by atoms with E-state index in [2.05, 4.69) is 22.1 Å². The molecule has 0 aliphatic carbocycles. The van der Waals surface area contributed by atoms with Crippen LogP contribution in [0.5, 0.6) is 17.2 Å². The number of likely N-dealkylation sites (tertiary alicyclic amines) is 1. The van der Waals surface area contributed by atoms with Gasteiger partial charge in [0.25, 0.3) is 11.8 Å². The highest BCUT2D eigenvalue weighted by molar-refractivity contribution is 6.03. The highest BCUT2D eigenvalue weighted by Gasteiger charge is 2.37. The fraction of sp³-hybridized carbons (Fsp3) is 0.250. The summed E-state index contributed by atoms with van der Waals surface area (Å²) in [6.45, 7) is 0.938. The van der Waals surface area contributed by atoms with Gasteiger partial charge in [0.15, 0.2) is 5.60 Å². The second kappa shape index (κ2) is 9.93. The second-order valence-electron chi connectivity index (χ2n) is 9.16. The van der Waals surface area contributed by atoms with E-state index in [-0.39, 0.29) is 18.2 Å². The molecule has 2 aliphatic rings. The third-order valence-corrected chi connectivity index (χ3v) is 6.11. The molecular weight excluding hydrogens is 472 g/mol. The Bertz CT molecular complexity index is 1390. The topological polar surface area (TPSA) is 104 Å². The number of hydrogen-bond acceptors (Lipinski definition) is 7. The summed E-state index contributed by atoms with van der Waals surface area (Å²) in [5.74, 6) is 6.61. The highest BCUT2D eigenvalue weighted by Crippen LogP contribution is 2.32. The summed E-state index contributed by atoms with van der Waals surface area (Å²) in [6, 6.07) is 16.7. The number of ether oxygens (including phenoxy) is 2. The minimum absolute atomic E-state index is 0.0424. The monoisotopic (exact) mass is 498 g/mol. The first-order valence-electron chi connectivity index (χ1n) is 11.8. The van der Waals surface area contributed by atoms with Crippen molar-refractivity contribution in [2.24, 2.45) is 0 Å². The third kappa shape index (κ3) is 5.40. The van der Waals surface area contributed by atoms with Gasteiger partial charge >= 0.3 is 0 Å². The molecule has 2 amide bonds. The normalized spacial score (nSPS) is 18.3. The molecule has 1 fully saturated rings. The molecule has 9 heteroatoms. The van der Waals surface area contributed by atoms with E-state index in [0.717, 1.165) is 0 Å². The van der Waals surface area contributed by atoms with E-state index in [1.807, 2.05) is 30.1 Å². The van der Waals surface area contributed by atoms with Crippen molar-refractivity contribution in [3.8, 4) is 29.1 Å². The Morgan fingerprint density at radius 3 is 2.68 bits per heavy atom. The minimum atomic E-state index is -1.02. The number of rotatable bonds is 4. The van der Waals surface area contributed by atoms with Gasteiger partial charge in [0.1, 0.15) is 35.6 Å². The van der Waals surface area contributed by atoms with Crippen molar-refractivity contribution in [2.45, 2.75) is 11.6 Å². The van der Waals surface area contributed by atoms with E-state index in [0.29, 0.717) is 41.6 Å². The quantitative estimate of drug-likeness (QED) is 0.531. The predicted octanol–water partition coefficient (Wildman–Crippen LogP) is 2.06. The van der Waals surface area contributed by atoms with Gasteiger partial charge < -0.3 is 24.8 Å². The molecule has 188 valence electrons. The van der Waals surface area contributed by atoms with Gasteiger partial charge in [-0.05, 0) is 43.4 Å². The number of fused-ring (bicyclic) bond motifs is 1. The van der Waals surface area contributed by atoms with Crippen molar-refractivity contribution >= 4 is 17.5 Å². The van der Waals surface area contributed by atoms with E-state index in [1.165, 1.54) is 17.2 Å². The van der Waals surface area contributed by atoms with Crippen LogP contribution in [0.4, 0.5) is 5.69 Å². The molecule has 9 nitrogen and oxygen atoms in total. The van der Waals surface area contributed by atoms with E-state index in [9.17, 15) is 14.7 Å². The molecule has 0 saturated carbocycles. The maximum absolute atomic E-state index is 13.2. The molecule has 5 rings (SSSR count). The van der Waals surface area contributed by atoms with Crippen LogP contribution in [0.1, 0.15) is 16.1 Å². The molecule has 2 aliphatic heterocycles. The number of benzene rings is 2. The lowest BCUT2D eigenvalue weighted by atomic mass is 9.95. The molecule has 1 atom stereocenters. The van der Waals surface area contributed by atoms with Gasteiger partial charge in [0.05, 0.1) is 5.69 Å². The number of pyridine rings is 1. The van der Waals surface area contributed by atoms with Crippen LogP contribution in [0.3, 0.4) is 0 Å². The summed E-state index contributed by atoms with van der Waals surface area (Å²) in [5.41, 5.74) is 0.268. The fourth-order valence-corrected chi connectivity index (χ4v) is 4.25. The highest BCUT2D eigenvalue weighted by atomic mass is 16.5. The number of para-hydroxylation sites is 1. The first-order valence-corrected chi connectivity index (χ1v) is 11.8. The number of carbonyl (C=O) groups is 2. The van der Waals surface area contributed by atoms with Gasteiger partial charge in [-0.3, -0.25) is 19.5 Å². The van der Waals surface area contributed by atoms with Crippen LogP contribution >= 0.6 is 0 Å². The van der Waals surface area contributed by atoms with Gasteiger partial charge in [-0.25, -0.2) is 0 Å². The zero-order chi connectivity index (χ0) is 26.0. The lowest BCUT2D eigenvalue weighted by Crippen LogP contribution is -2.59. The van der Waals surface area contributed by atoms with Crippen LogP contribution < -0.4 is 19.7 Å². The molecule has 0 spiro atoms. The molecule has 0 bridgehead atoms. The summed E-state index contributed by atoms with van der Waals surface area (Å²) < 4.78 is 11.6. The average molecular weight is 499 g/mol. The number of nitrogens with one attached hydrogen (secondary N) is 1. The van der Waals surface area contributed by atoms with Crippen LogP contribution in [0.15, 0.2) is 66.9 Å². The van der Waals surface area contributed by atoms with Gasteiger partial charge in [-0.1, -0.05) is 30.0 Å². The molecule has 0 unspecified atom stereocenters. The lowest BCUT2D eigenvalue weighted by Gasteiger charge is -2.40. The summed E-state index contributed by atoms with van der Waals surface area (Å²) in [4.78, 5) is 33.7. The number of β-amino-alcohol motifs (C(OH)–C–C–N with tert-alkyl or cyclic N) is 1. The maximum atomic E-state index is 13.2. The van der Waals surface area contributed by atoms with Crippen LogP contribution in [-0.2, 0) is 4.79 Å². The third-order valence-electron chi connectivity index (χ3n) is 6.11. The smallest absolute Gasteiger partial charge is 0.270 e. The number of aromatic nitrogens is 1. The number of likely N-dealkylation sites (N-methyl/N-ethyl adjacent to an activating group) is 2. The summed E-state index contributed by atoms with van der Waals surface area (Å²) in [7, 11) is 3.53. The van der Waals surface area contributed by atoms with Crippen molar-refractivity contribution in [1.82, 2.24) is 15.2 Å². The van der Waals surface area contributed by atoms with E-state index in [1.54, 1.807) is 43.4 Å². The molecule has 2 aromatic carbocycles. The van der Waals surface area contributed by atoms with Crippen LogP contribution in [-0.4, -0.2) is 72.2 Å².